The molecule has 0 radical (unpaired) electrons. The van der Waals surface area contributed by atoms with Crippen molar-refractivity contribution < 1.29 is 0 Å². The van der Waals surface area contributed by atoms with Gasteiger partial charge in [0.25, 0.3) is 0 Å². The Bertz CT molecular complexity index is 810. The van der Waals surface area contributed by atoms with Crippen LogP contribution in [0.25, 0.3) is 10.2 Å². The van der Waals surface area contributed by atoms with Crippen LogP contribution in [-0.2, 0) is 5.41 Å². The van der Waals surface area contributed by atoms with Gasteiger partial charge in [-0.2, -0.15) is 10.2 Å². The van der Waals surface area contributed by atoms with Gasteiger partial charge >= 0.3 is 0 Å². The van der Waals surface area contributed by atoms with Crippen molar-refractivity contribution in [3.8, 4) is 6.07 Å². The summed E-state index contributed by atoms with van der Waals surface area (Å²) in [5, 5.41) is 12.4. The largest absolute Gasteiger partial charge is 0.357 e. The Morgan fingerprint density at radius 2 is 2.12 bits per heavy atom. The molecule has 1 fully saturated rings. The predicted octanol–water partition coefficient (Wildman–Crippen LogP) is 3.14. The molecular weight excluding hydrogens is 344 g/mol. The fourth-order valence-electron chi connectivity index (χ4n) is 3.15. The average molecular weight is 373 g/mol. The van der Waals surface area contributed by atoms with E-state index in [1.807, 2.05) is 7.05 Å². The molecule has 2 aromatic rings. The summed E-state index contributed by atoms with van der Waals surface area (Å²) in [7, 11) is 4.09. The number of fused-ring (bicyclic) bond motifs is 1. The van der Waals surface area contributed by atoms with E-state index < -0.39 is 0 Å². The minimum Gasteiger partial charge on any atom is -0.357 e. The van der Waals surface area contributed by atoms with E-state index in [9.17, 15) is 0 Å². The van der Waals surface area contributed by atoms with E-state index in [2.05, 4.69) is 55.1 Å². The fraction of sp³-hybridized carbons (Fsp3) is 0.632. The Morgan fingerprint density at radius 3 is 2.73 bits per heavy atom. The minimum atomic E-state index is 0.0787. The highest BCUT2D eigenvalue weighted by Gasteiger charge is 2.25. The van der Waals surface area contributed by atoms with Crippen molar-refractivity contribution in [2.75, 3.05) is 43.5 Å². The van der Waals surface area contributed by atoms with Gasteiger partial charge in [0, 0.05) is 38.1 Å². The highest BCUT2D eigenvalue weighted by Crippen LogP contribution is 2.38. The monoisotopic (exact) mass is 372 g/mol. The highest BCUT2D eigenvalue weighted by molar-refractivity contribution is 7.19. The van der Waals surface area contributed by atoms with Crippen molar-refractivity contribution >= 4 is 33.3 Å². The number of aromatic nitrogens is 2. The second-order valence-corrected chi connectivity index (χ2v) is 9.06. The maximum atomic E-state index is 8.95. The van der Waals surface area contributed by atoms with Crippen LogP contribution in [0.4, 0.5) is 11.8 Å². The zero-order valence-electron chi connectivity index (χ0n) is 16.3. The van der Waals surface area contributed by atoms with Crippen molar-refractivity contribution in [3.05, 3.63) is 10.9 Å². The Morgan fingerprint density at radius 1 is 1.35 bits per heavy atom. The molecule has 0 aromatic carbocycles. The molecule has 140 valence electrons. The molecule has 1 saturated heterocycles. The summed E-state index contributed by atoms with van der Waals surface area (Å²) in [6.07, 6.45) is 1.59. The van der Waals surface area contributed by atoms with Crippen LogP contribution in [-0.4, -0.2) is 49.7 Å². The first kappa shape index (κ1) is 18.9. The van der Waals surface area contributed by atoms with Crippen LogP contribution in [0.3, 0.4) is 0 Å². The zero-order valence-corrected chi connectivity index (χ0v) is 17.2. The second-order valence-electron chi connectivity index (χ2n) is 8.01. The molecule has 2 aromatic heterocycles. The molecule has 0 saturated carbocycles. The molecule has 3 heterocycles. The number of nitriles is 1. The van der Waals surface area contributed by atoms with E-state index in [0.717, 1.165) is 41.5 Å². The molecule has 1 N–H and O–H groups in total. The SMILES string of the molecule is CN(CCC#N)c1nc(N(C)C2CCNC2)nc2cc(C(C)(C)C)sc12. The molecule has 1 aliphatic rings. The van der Waals surface area contributed by atoms with E-state index >= 15 is 0 Å². The second kappa shape index (κ2) is 7.37. The van der Waals surface area contributed by atoms with E-state index in [0.29, 0.717) is 19.0 Å². The summed E-state index contributed by atoms with van der Waals surface area (Å²) in [4.78, 5) is 15.4. The Labute approximate surface area is 159 Å². The highest BCUT2D eigenvalue weighted by atomic mass is 32.1. The van der Waals surface area contributed by atoms with Gasteiger partial charge in [0.05, 0.1) is 22.7 Å². The van der Waals surface area contributed by atoms with Crippen molar-refractivity contribution in [2.45, 2.75) is 45.1 Å². The average Bonchev–Trinajstić information content (AvgIpc) is 3.26. The van der Waals surface area contributed by atoms with E-state index in [4.69, 9.17) is 15.2 Å². The van der Waals surface area contributed by atoms with Gasteiger partial charge in [-0.15, -0.1) is 11.3 Å². The zero-order chi connectivity index (χ0) is 18.9. The molecule has 0 amide bonds. The first-order valence-corrected chi connectivity index (χ1v) is 9.96. The smallest absolute Gasteiger partial charge is 0.227 e. The molecule has 26 heavy (non-hydrogen) atoms. The Kier molecular flexibility index (Phi) is 5.35. The molecule has 1 atom stereocenters. The number of hydrogen-bond acceptors (Lipinski definition) is 7. The van der Waals surface area contributed by atoms with Gasteiger partial charge in [0.2, 0.25) is 5.95 Å². The number of nitrogens with zero attached hydrogens (tertiary/aromatic N) is 5. The summed E-state index contributed by atoms with van der Waals surface area (Å²) in [5.41, 5.74) is 1.08. The first-order chi connectivity index (χ1) is 12.3. The van der Waals surface area contributed by atoms with Gasteiger partial charge < -0.3 is 15.1 Å². The fourth-order valence-corrected chi connectivity index (χ4v) is 4.34. The molecule has 1 aliphatic heterocycles. The van der Waals surface area contributed by atoms with E-state index in [1.165, 1.54) is 4.88 Å². The third kappa shape index (κ3) is 3.76. The molecule has 7 heteroatoms. The van der Waals surface area contributed by atoms with Crippen LogP contribution in [0.5, 0.6) is 0 Å². The Hall–Kier alpha value is -1.91. The molecule has 6 nitrogen and oxygen atoms in total. The van der Waals surface area contributed by atoms with Crippen LogP contribution in [0.15, 0.2) is 6.07 Å². The standard InChI is InChI=1S/C19H28N6S/c1-19(2,3)15-11-14-16(26-15)17(24(4)10-6-8-20)23-18(22-14)25(5)13-7-9-21-12-13/h11,13,21H,6-7,9-10,12H2,1-5H3. The van der Waals surface area contributed by atoms with Crippen LogP contribution in [0, 0.1) is 11.3 Å². The van der Waals surface area contributed by atoms with Gasteiger partial charge in [-0.05, 0) is 24.4 Å². The van der Waals surface area contributed by atoms with Crippen LogP contribution < -0.4 is 15.1 Å². The number of thiophene rings is 1. The maximum Gasteiger partial charge on any atom is 0.227 e. The number of rotatable bonds is 5. The van der Waals surface area contributed by atoms with Gasteiger partial charge in [0.15, 0.2) is 5.82 Å². The summed E-state index contributed by atoms with van der Waals surface area (Å²) in [6, 6.07) is 4.85. The lowest BCUT2D eigenvalue weighted by molar-refractivity contribution is 0.604. The molecule has 3 rings (SSSR count). The predicted molar refractivity (Wildman–Crippen MR) is 109 cm³/mol. The number of likely N-dealkylation sites (N-methyl/N-ethyl adjacent to an activating group) is 1. The third-order valence-electron chi connectivity index (χ3n) is 4.90. The maximum absolute atomic E-state index is 8.95. The third-order valence-corrected chi connectivity index (χ3v) is 6.45. The van der Waals surface area contributed by atoms with Gasteiger partial charge in [-0.1, -0.05) is 20.8 Å². The number of hydrogen-bond donors (Lipinski definition) is 1. The van der Waals surface area contributed by atoms with Crippen LogP contribution in [0.1, 0.15) is 38.5 Å². The van der Waals surface area contributed by atoms with E-state index in [1.54, 1.807) is 11.3 Å². The van der Waals surface area contributed by atoms with Gasteiger partial charge in [0.1, 0.15) is 0 Å². The van der Waals surface area contributed by atoms with Gasteiger partial charge in [-0.25, -0.2) is 4.98 Å². The summed E-state index contributed by atoms with van der Waals surface area (Å²) >= 11 is 1.76. The quantitative estimate of drug-likeness (QED) is 0.870. The minimum absolute atomic E-state index is 0.0787. The lowest BCUT2D eigenvalue weighted by atomic mass is 9.95. The van der Waals surface area contributed by atoms with Crippen molar-refractivity contribution in [1.82, 2.24) is 15.3 Å². The topological polar surface area (TPSA) is 68.1 Å². The summed E-state index contributed by atoms with van der Waals surface area (Å²) < 4.78 is 1.11. The summed E-state index contributed by atoms with van der Waals surface area (Å²) in [5.74, 6) is 1.70. The first-order valence-electron chi connectivity index (χ1n) is 9.15. The molecule has 0 aliphatic carbocycles. The van der Waals surface area contributed by atoms with E-state index in [-0.39, 0.29) is 5.41 Å². The Balaban J connectivity index is 2.07. The van der Waals surface area contributed by atoms with Crippen molar-refractivity contribution in [2.24, 2.45) is 0 Å². The molecule has 0 spiro atoms. The van der Waals surface area contributed by atoms with Crippen molar-refractivity contribution in [3.63, 3.8) is 0 Å². The molecule has 1 unspecified atom stereocenters. The molecular formula is C19H28N6S. The number of nitrogens with one attached hydrogen (secondary N) is 1. The van der Waals surface area contributed by atoms with Crippen molar-refractivity contribution in [1.29, 1.82) is 5.26 Å². The van der Waals surface area contributed by atoms with Gasteiger partial charge in [-0.3, -0.25) is 0 Å². The lowest BCUT2D eigenvalue weighted by Gasteiger charge is -2.25. The lowest BCUT2D eigenvalue weighted by Crippen LogP contribution is -2.35. The van der Waals surface area contributed by atoms with Crippen LogP contribution >= 0.6 is 11.3 Å². The summed E-state index contributed by atoms with van der Waals surface area (Å²) in [6.45, 7) is 9.34. The normalized spacial score (nSPS) is 17.5. The molecule has 0 bridgehead atoms. The van der Waals surface area contributed by atoms with Crippen LogP contribution in [0.2, 0.25) is 0 Å². The number of anilines is 2.